The van der Waals surface area contributed by atoms with Crippen LogP contribution >= 0.6 is 11.6 Å². The minimum absolute atomic E-state index is 0.116. The lowest BCUT2D eigenvalue weighted by atomic mass is 10.1. The highest BCUT2D eigenvalue weighted by Crippen LogP contribution is 2.26. The van der Waals surface area contributed by atoms with Crippen molar-refractivity contribution >= 4 is 17.6 Å². The van der Waals surface area contributed by atoms with Gasteiger partial charge in [0.1, 0.15) is 24.2 Å². The highest BCUT2D eigenvalue weighted by Gasteiger charge is 2.19. The van der Waals surface area contributed by atoms with Crippen LogP contribution in [0.5, 0.6) is 5.75 Å². The number of para-hydroxylation sites is 1. The zero-order valence-electron chi connectivity index (χ0n) is 10.9. The molecule has 0 saturated carbocycles. The number of carboxylic acid groups (broad SMARTS) is 1. The van der Waals surface area contributed by atoms with Gasteiger partial charge in [-0.2, -0.15) is 0 Å². The Morgan fingerprint density at radius 3 is 2.67 bits per heavy atom. The first-order valence-corrected chi connectivity index (χ1v) is 6.51. The molecule has 6 heteroatoms. The van der Waals surface area contributed by atoms with Gasteiger partial charge in [0.05, 0.1) is 5.02 Å². The normalized spacial score (nSPS) is 12.0. The van der Waals surface area contributed by atoms with Crippen molar-refractivity contribution < 1.29 is 19.0 Å². The molecule has 1 atom stereocenters. The Hall–Kier alpha value is -2.11. The van der Waals surface area contributed by atoms with Gasteiger partial charge in [-0.3, -0.25) is 4.79 Å². The van der Waals surface area contributed by atoms with E-state index in [1.165, 1.54) is 12.1 Å². The molecule has 0 radical (unpaired) electrons. The zero-order chi connectivity index (χ0) is 15.4. The second kappa shape index (κ2) is 6.56. The van der Waals surface area contributed by atoms with E-state index in [4.69, 9.17) is 27.2 Å². The molecule has 0 aliphatic heterocycles. The van der Waals surface area contributed by atoms with Crippen molar-refractivity contribution in [1.82, 2.24) is 0 Å². The molecule has 0 spiro atoms. The SMILES string of the molecule is N[C@H](C(=O)O)c1ccccc1OCc1c(F)cccc1Cl. The highest BCUT2D eigenvalue weighted by atomic mass is 35.5. The fraction of sp³-hybridized carbons (Fsp3) is 0.133. The van der Waals surface area contributed by atoms with Gasteiger partial charge in [-0.15, -0.1) is 0 Å². The number of carboxylic acids is 1. The largest absolute Gasteiger partial charge is 0.488 e. The molecule has 0 unspecified atom stereocenters. The first-order valence-electron chi connectivity index (χ1n) is 6.13. The molecular formula is C15H13ClFNO3. The van der Waals surface area contributed by atoms with Gasteiger partial charge in [-0.05, 0) is 18.2 Å². The monoisotopic (exact) mass is 309 g/mol. The molecule has 0 fully saturated rings. The molecule has 0 saturated heterocycles. The van der Waals surface area contributed by atoms with E-state index in [-0.39, 0.29) is 22.9 Å². The van der Waals surface area contributed by atoms with E-state index >= 15 is 0 Å². The molecule has 3 N–H and O–H groups in total. The molecule has 0 aliphatic carbocycles. The molecule has 2 rings (SSSR count). The number of aliphatic carboxylic acids is 1. The fourth-order valence-electron chi connectivity index (χ4n) is 1.82. The summed E-state index contributed by atoms with van der Waals surface area (Å²) < 4.78 is 19.1. The Kier molecular flexibility index (Phi) is 4.77. The number of hydrogen-bond donors (Lipinski definition) is 2. The van der Waals surface area contributed by atoms with Crippen LogP contribution in [0.1, 0.15) is 17.2 Å². The van der Waals surface area contributed by atoms with Crippen LogP contribution in [-0.4, -0.2) is 11.1 Å². The first kappa shape index (κ1) is 15.3. The van der Waals surface area contributed by atoms with Crippen LogP contribution < -0.4 is 10.5 Å². The summed E-state index contributed by atoms with van der Waals surface area (Å²) in [4.78, 5) is 11.0. The number of carbonyl (C=O) groups is 1. The van der Waals surface area contributed by atoms with E-state index in [1.54, 1.807) is 30.3 Å². The Morgan fingerprint density at radius 1 is 1.29 bits per heavy atom. The lowest BCUT2D eigenvalue weighted by Crippen LogP contribution is -2.21. The Balaban J connectivity index is 2.23. The second-order valence-electron chi connectivity index (χ2n) is 4.34. The molecule has 2 aromatic rings. The van der Waals surface area contributed by atoms with Crippen LogP contribution in [0, 0.1) is 5.82 Å². The molecule has 0 aliphatic rings. The van der Waals surface area contributed by atoms with Gasteiger partial charge < -0.3 is 15.6 Å². The van der Waals surface area contributed by atoms with Crippen molar-refractivity contribution in [3.05, 3.63) is 64.4 Å². The van der Waals surface area contributed by atoms with E-state index in [2.05, 4.69) is 0 Å². The lowest BCUT2D eigenvalue weighted by molar-refractivity contribution is -0.138. The highest BCUT2D eigenvalue weighted by molar-refractivity contribution is 6.31. The number of rotatable bonds is 5. The molecule has 110 valence electrons. The maximum Gasteiger partial charge on any atom is 0.325 e. The van der Waals surface area contributed by atoms with E-state index in [9.17, 15) is 9.18 Å². The van der Waals surface area contributed by atoms with Gasteiger partial charge in [0, 0.05) is 11.1 Å². The molecule has 21 heavy (non-hydrogen) atoms. The summed E-state index contributed by atoms with van der Waals surface area (Å²) in [7, 11) is 0. The third-order valence-electron chi connectivity index (χ3n) is 2.95. The van der Waals surface area contributed by atoms with Crippen molar-refractivity contribution in [1.29, 1.82) is 0 Å². The number of halogens is 2. The molecule has 0 aromatic heterocycles. The number of hydrogen-bond acceptors (Lipinski definition) is 3. The third kappa shape index (κ3) is 3.51. The molecular weight excluding hydrogens is 297 g/mol. The van der Waals surface area contributed by atoms with Crippen LogP contribution in [0.4, 0.5) is 4.39 Å². The average molecular weight is 310 g/mol. The molecule has 0 heterocycles. The van der Waals surface area contributed by atoms with Crippen LogP contribution in [0.15, 0.2) is 42.5 Å². The van der Waals surface area contributed by atoms with Crippen molar-refractivity contribution in [3.63, 3.8) is 0 Å². The van der Waals surface area contributed by atoms with E-state index in [0.717, 1.165) is 0 Å². The lowest BCUT2D eigenvalue weighted by Gasteiger charge is -2.14. The third-order valence-corrected chi connectivity index (χ3v) is 3.31. The van der Waals surface area contributed by atoms with E-state index in [1.807, 2.05) is 0 Å². The number of nitrogens with two attached hydrogens (primary N) is 1. The summed E-state index contributed by atoms with van der Waals surface area (Å²) >= 11 is 5.91. The average Bonchev–Trinajstić information content (AvgIpc) is 2.46. The quantitative estimate of drug-likeness (QED) is 0.890. The van der Waals surface area contributed by atoms with Crippen molar-refractivity contribution in [2.24, 2.45) is 5.73 Å². The van der Waals surface area contributed by atoms with Crippen molar-refractivity contribution in [2.75, 3.05) is 0 Å². The van der Waals surface area contributed by atoms with Gasteiger partial charge in [0.15, 0.2) is 0 Å². The van der Waals surface area contributed by atoms with Gasteiger partial charge in [0.25, 0.3) is 0 Å². The summed E-state index contributed by atoms with van der Waals surface area (Å²) in [5, 5.41) is 9.22. The Labute approximate surface area is 125 Å². The predicted octanol–water partition coefficient (Wildman–Crippen LogP) is 3.14. The topological polar surface area (TPSA) is 72.6 Å². The number of benzene rings is 2. The summed E-state index contributed by atoms with van der Waals surface area (Å²) in [5.74, 6) is -1.37. The Morgan fingerprint density at radius 2 is 2.00 bits per heavy atom. The van der Waals surface area contributed by atoms with Gasteiger partial charge in [-0.1, -0.05) is 35.9 Å². The minimum Gasteiger partial charge on any atom is -0.488 e. The maximum absolute atomic E-state index is 13.7. The maximum atomic E-state index is 13.7. The summed E-state index contributed by atoms with van der Waals surface area (Å²) in [6, 6.07) is 9.58. The van der Waals surface area contributed by atoms with Crippen LogP contribution in [0.3, 0.4) is 0 Å². The standard InChI is InChI=1S/C15H13ClFNO3/c16-11-5-3-6-12(17)10(11)8-21-13-7-2-1-4-9(13)14(18)15(19)20/h1-7,14H,8,18H2,(H,19,20)/t14-/m0/s1. The predicted molar refractivity (Wildman–Crippen MR) is 76.7 cm³/mol. The van der Waals surface area contributed by atoms with E-state index < -0.39 is 17.8 Å². The summed E-state index contributed by atoms with van der Waals surface area (Å²) in [6.45, 7) is -0.116. The van der Waals surface area contributed by atoms with Gasteiger partial charge in [-0.25, -0.2) is 4.39 Å². The van der Waals surface area contributed by atoms with Gasteiger partial charge >= 0.3 is 5.97 Å². The molecule has 4 nitrogen and oxygen atoms in total. The molecule has 0 bridgehead atoms. The van der Waals surface area contributed by atoms with E-state index in [0.29, 0.717) is 5.56 Å². The fourth-order valence-corrected chi connectivity index (χ4v) is 2.04. The molecule has 2 aromatic carbocycles. The van der Waals surface area contributed by atoms with Crippen LogP contribution in [0.2, 0.25) is 5.02 Å². The smallest absolute Gasteiger partial charge is 0.325 e. The van der Waals surface area contributed by atoms with Crippen molar-refractivity contribution in [2.45, 2.75) is 12.6 Å². The zero-order valence-corrected chi connectivity index (χ0v) is 11.7. The first-order chi connectivity index (χ1) is 10.0. The van der Waals surface area contributed by atoms with Crippen LogP contribution in [-0.2, 0) is 11.4 Å². The second-order valence-corrected chi connectivity index (χ2v) is 4.75. The van der Waals surface area contributed by atoms with Crippen LogP contribution in [0.25, 0.3) is 0 Å². The summed E-state index contributed by atoms with van der Waals surface area (Å²) in [6.07, 6.45) is 0. The Bertz CT molecular complexity index is 643. The van der Waals surface area contributed by atoms with Crippen molar-refractivity contribution in [3.8, 4) is 5.75 Å². The summed E-state index contributed by atoms with van der Waals surface area (Å²) in [5.41, 5.74) is 6.11. The molecule has 0 amide bonds. The number of ether oxygens (including phenoxy) is 1. The van der Waals surface area contributed by atoms with Gasteiger partial charge in [0.2, 0.25) is 0 Å². The minimum atomic E-state index is -1.21.